The highest BCUT2D eigenvalue weighted by Crippen LogP contribution is 2.39. The largest absolute Gasteiger partial charge is 0.295 e. The van der Waals surface area contributed by atoms with Gasteiger partial charge in [-0.25, -0.2) is 0 Å². The average Bonchev–Trinajstić information content (AvgIpc) is 1.82. The van der Waals surface area contributed by atoms with Crippen molar-refractivity contribution in [1.82, 2.24) is 0 Å². The highest BCUT2D eigenvalue weighted by Gasteiger charge is 2.34. The van der Waals surface area contributed by atoms with Gasteiger partial charge in [0.2, 0.25) is 0 Å². The molecule has 0 saturated heterocycles. The molecule has 12 heavy (non-hydrogen) atoms. The third-order valence-electron chi connectivity index (χ3n) is 2.74. The molecule has 0 unspecified atom stereocenters. The lowest BCUT2D eigenvalue weighted by molar-refractivity contribution is -0.117. The number of rotatable bonds is 1. The Morgan fingerprint density at radius 3 is 2.50 bits per heavy atom. The Kier molecular flexibility index (Phi) is 2.41. The Hall–Kier alpha value is -0.590. The maximum absolute atomic E-state index is 11.2. The van der Waals surface area contributed by atoms with Crippen molar-refractivity contribution in [1.29, 1.82) is 0 Å². The molecular formula is C11H18O. The fraction of sp³-hybridized carbons (Fsp3) is 0.727. The topological polar surface area (TPSA) is 17.1 Å². The molecule has 0 aliphatic heterocycles. The molecule has 1 atom stereocenters. The van der Waals surface area contributed by atoms with E-state index in [0.717, 1.165) is 0 Å². The molecule has 1 rings (SSSR count). The molecule has 1 heteroatoms. The van der Waals surface area contributed by atoms with Crippen LogP contribution in [0.2, 0.25) is 0 Å². The van der Waals surface area contributed by atoms with Gasteiger partial charge in [0.25, 0.3) is 0 Å². The first kappa shape index (κ1) is 9.50. The second-order valence-electron chi connectivity index (χ2n) is 4.76. The number of carbonyl (C=O) groups excluding carboxylic acids is 1. The standard InChI is InChI=1S/C11H18O/c1-8(2)10-6-5-9(12)7-11(10,3)4/h5-6,8,10H,7H2,1-4H3/t10-/m1/s1. The molecule has 0 amide bonds. The lowest BCUT2D eigenvalue weighted by Gasteiger charge is -2.37. The van der Waals surface area contributed by atoms with Crippen molar-refractivity contribution < 1.29 is 4.79 Å². The molecule has 0 radical (unpaired) electrons. The summed E-state index contributed by atoms with van der Waals surface area (Å²) in [6.07, 6.45) is 4.53. The zero-order chi connectivity index (χ0) is 9.35. The van der Waals surface area contributed by atoms with E-state index in [-0.39, 0.29) is 11.2 Å². The first-order chi connectivity index (χ1) is 5.43. The first-order valence-electron chi connectivity index (χ1n) is 4.64. The third kappa shape index (κ3) is 1.77. The molecule has 0 aromatic heterocycles. The van der Waals surface area contributed by atoms with E-state index in [1.54, 1.807) is 6.08 Å². The van der Waals surface area contributed by atoms with E-state index in [2.05, 4.69) is 33.8 Å². The van der Waals surface area contributed by atoms with Crippen molar-refractivity contribution in [3.05, 3.63) is 12.2 Å². The summed E-state index contributed by atoms with van der Waals surface area (Å²) in [5.41, 5.74) is 0.153. The Balaban J connectivity index is 2.87. The molecule has 0 saturated carbocycles. The minimum absolute atomic E-state index is 0.153. The first-order valence-corrected chi connectivity index (χ1v) is 4.64. The maximum Gasteiger partial charge on any atom is 0.155 e. The van der Waals surface area contributed by atoms with Crippen molar-refractivity contribution in [3.63, 3.8) is 0 Å². The van der Waals surface area contributed by atoms with Crippen LogP contribution in [0.5, 0.6) is 0 Å². The summed E-state index contributed by atoms with van der Waals surface area (Å²) < 4.78 is 0. The molecule has 0 spiro atoms. The molecule has 1 nitrogen and oxygen atoms in total. The molecule has 0 aromatic rings. The zero-order valence-corrected chi connectivity index (χ0v) is 8.42. The predicted octanol–water partition coefficient (Wildman–Crippen LogP) is 2.81. The Bertz CT molecular complexity index is 211. The monoisotopic (exact) mass is 166 g/mol. The maximum atomic E-state index is 11.2. The fourth-order valence-electron chi connectivity index (χ4n) is 2.22. The molecule has 1 aliphatic carbocycles. The van der Waals surface area contributed by atoms with Gasteiger partial charge in [-0.05, 0) is 23.3 Å². The summed E-state index contributed by atoms with van der Waals surface area (Å²) in [5.74, 6) is 1.46. The van der Waals surface area contributed by atoms with Crippen LogP contribution in [0, 0.1) is 17.3 Å². The van der Waals surface area contributed by atoms with Crippen LogP contribution in [-0.4, -0.2) is 5.78 Å². The van der Waals surface area contributed by atoms with E-state index in [9.17, 15) is 4.79 Å². The highest BCUT2D eigenvalue weighted by molar-refractivity contribution is 5.91. The third-order valence-corrected chi connectivity index (χ3v) is 2.74. The molecule has 0 bridgehead atoms. The highest BCUT2D eigenvalue weighted by atomic mass is 16.1. The normalized spacial score (nSPS) is 28.1. The minimum Gasteiger partial charge on any atom is -0.295 e. The van der Waals surface area contributed by atoms with Crippen molar-refractivity contribution in [2.24, 2.45) is 17.3 Å². The van der Waals surface area contributed by atoms with Gasteiger partial charge in [-0.1, -0.05) is 33.8 Å². The van der Waals surface area contributed by atoms with Crippen molar-refractivity contribution in [2.75, 3.05) is 0 Å². The van der Waals surface area contributed by atoms with Gasteiger partial charge in [0.1, 0.15) is 0 Å². The van der Waals surface area contributed by atoms with Gasteiger partial charge in [-0.2, -0.15) is 0 Å². The summed E-state index contributed by atoms with van der Waals surface area (Å²) in [5, 5.41) is 0. The van der Waals surface area contributed by atoms with Gasteiger partial charge in [0.15, 0.2) is 5.78 Å². The van der Waals surface area contributed by atoms with Gasteiger partial charge in [-0.3, -0.25) is 4.79 Å². The lowest BCUT2D eigenvalue weighted by atomic mass is 9.67. The van der Waals surface area contributed by atoms with E-state index in [0.29, 0.717) is 18.3 Å². The fourth-order valence-corrected chi connectivity index (χ4v) is 2.22. The number of carbonyl (C=O) groups is 1. The van der Waals surface area contributed by atoms with Gasteiger partial charge in [0.05, 0.1) is 0 Å². The number of allylic oxidation sites excluding steroid dienone is 2. The van der Waals surface area contributed by atoms with Crippen LogP contribution >= 0.6 is 0 Å². The zero-order valence-electron chi connectivity index (χ0n) is 8.42. The molecule has 68 valence electrons. The van der Waals surface area contributed by atoms with Crippen LogP contribution in [0.4, 0.5) is 0 Å². The second-order valence-corrected chi connectivity index (χ2v) is 4.76. The van der Waals surface area contributed by atoms with Crippen LogP contribution in [0.1, 0.15) is 34.1 Å². The number of ketones is 1. The van der Waals surface area contributed by atoms with Crippen LogP contribution in [0.3, 0.4) is 0 Å². The summed E-state index contributed by atoms with van der Waals surface area (Å²) in [7, 11) is 0. The van der Waals surface area contributed by atoms with E-state index in [4.69, 9.17) is 0 Å². The lowest BCUT2D eigenvalue weighted by Crippen LogP contribution is -2.32. The summed E-state index contributed by atoms with van der Waals surface area (Å²) in [6, 6.07) is 0. The van der Waals surface area contributed by atoms with Crippen LogP contribution in [-0.2, 0) is 4.79 Å². The van der Waals surface area contributed by atoms with E-state index < -0.39 is 0 Å². The van der Waals surface area contributed by atoms with Crippen molar-refractivity contribution in [2.45, 2.75) is 34.1 Å². The van der Waals surface area contributed by atoms with Gasteiger partial charge in [-0.15, -0.1) is 0 Å². The molecule has 0 N–H and O–H groups in total. The molecule has 1 aliphatic rings. The van der Waals surface area contributed by atoms with Gasteiger partial charge >= 0.3 is 0 Å². The second kappa shape index (κ2) is 3.04. The number of hydrogen-bond donors (Lipinski definition) is 0. The van der Waals surface area contributed by atoms with Crippen LogP contribution in [0.15, 0.2) is 12.2 Å². The molecule has 0 fully saturated rings. The molecule has 0 heterocycles. The smallest absolute Gasteiger partial charge is 0.155 e. The van der Waals surface area contributed by atoms with Crippen LogP contribution in [0.25, 0.3) is 0 Å². The quantitative estimate of drug-likeness (QED) is 0.585. The summed E-state index contributed by atoms with van der Waals surface area (Å²) in [6.45, 7) is 8.79. The van der Waals surface area contributed by atoms with E-state index in [1.807, 2.05) is 0 Å². The Labute approximate surface area is 74.9 Å². The summed E-state index contributed by atoms with van der Waals surface area (Å²) in [4.78, 5) is 11.2. The SMILES string of the molecule is CC(C)[C@H]1C=CC(=O)CC1(C)C. The van der Waals surface area contributed by atoms with Crippen molar-refractivity contribution >= 4 is 5.78 Å². The molecular weight excluding hydrogens is 148 g/mol. The van der Waals surface area contributed by atoms with E-state index in [1.165, 1.54) is 0 Å². The number of hydrogen-bond acceptors (Lipinski definition) is 1. The van der Waals surface area contributed by atoms with Crippen LogP contribution < -0.4 is 0 Å². The van der Waals surface area contributed by atoms with Gasteiger partial charge < -0.3 is 0 Å². The van der Waals surface area contributed by atoms with E-state index >= 15 is 0 Å². The predicted molar refractivity (Wildman–Crippen MR) is 50.9 cm³/mol. The minimum atomic E-state index is 0.153. The van der Waals surface area contributed by atoms with Gasteiger partial charge in [0, 0.05) is 6.42 Å². The Morgan fingerprint density at radius 1 is 1.50 bits per heavy atom. The average molecular weight is 166 g/mol. The Morgan fingerprint density at radius 2 is 2.08 bits per heavy atom. The van der Waals surface area contributed by atoms with Crippen molar-refractivity contribution in [3.8, 4) is 0 Å². The summed E-state index contributed by atoms with van der Waals surface area (Å²) >= 11 is 0. The molecule has 0 aromatic carbocycles.